The smallest absolute Gasteiger partial charge is 0.240 e. The second-order valence-electron chi connectivity index (χ2n) is 4.85. The molecule has 7 nitrogen and oxygen atoms in total. The molecule has 0 aliphatic carbocycles. The van der Waals surface area contributed by atoms with Crippen LogP contribution in [0.25, 0.3) is 10.2 Å². The SMILES string of the molecule is Nc1ccc2nc(NC(=O)CN3CCNC(=O)C3)sc2c1. The third-order valence-electron chi connectivity index (χ3n) is 3.14. The van der Waals surface area contributed by atoms with Crippen molar-refractivity contribution in [1.82, 2.24) is 15.2 Å². The third kappa shape index (κ3) is 3.29. The summed E-state index contributed by atoms with van der Waals surface area (Å²) in [6.45, 7) is 1.69. The van der Waals surface area contributed by atoms with Crippen molar-refractivity contribution in [2.45, 2.75) is 0 Å². The molecule has 1 aliphatic heterocycles. The van der Waals surface area contributed by atoms with Gasteiger partial charge in [-0.15, -0.1) is 0 Å². The van der Waals surface area contributed by atoms with Crippen LogP contribution in [0.1, 0.15) is 0 Å². The number of carbonyl (C=O) groups excluding carboxylic acids is 2. The number of thiazole rings is 1. The number of benzene rings is 1. The minimum absolute atomic E-state index is 0.0514. The molecule has 0 atom stereocenters. The summed E-state index contributed by atoms with van der Waals surface area (Å²) in [6, 6.07) is 5.43. The lowest BCUT2D eigenvalue weighted by Gasteiger charge is -2.25. The molecule has 110 valence electrons. The van der Waals surface area contributed by atoms with Crippen molar-refractivity contribution >= 4 is 44.2 Å². The number of rotatable bonds is 3. The van der Waals surface area contributed by atoms with Crippen LogP contribution in [0.4, 0.5) is 10.8 Å². The van der Waals surface area contributed by atoms with Gasteiger partial charge in [-0.3, -0.25) is 14.5 Å². The molecule has 0 saturated carbocycles. The molecular weight excluding hydrogens is 290 g/mol. The van der Waals surface area contributed by atoms with Crippen LogP contribution in [0.2, 0.25) is 0 Å². The summed E-state index contributed by atoms with van der Waals surface area (Å²) in [6.07, 6.45) is 0. The van der Waals surface area contributed by atoms with Crippen LogP contribution >= 0.6 is 11.3 Å². The zero-order valence-corrected chi connectivity index (χ0v) is 12.1. The number of piperazine rings is 1. The Morgan fingerprint density at radius 1 is 1.52 bits per heavy atom. The third-order valence-corrected chi connectivity index (χ3v) is 4.08. The Balaban J connectivity index is 1.64. The Hall–Kier alpha value is -2.19. The Labute approximate surface area is 125 Å². The van der Waals surface area contributed by atoms with Gasteiger partial charge in [0.1, 0.15) is 0 Å². The summed E-state index contributed by atoms with van der Waals surface area (Å²) >= 11 is 1.38. The fourth-order valence-corrected chi connectivity index (χ4v) is 3.11. The summed E-state index contributed by atoms with van der Waals surface area (Å²) in [5.41, 5.74) is 7.20. The molecule has 1 aliphatic rings. The van der Waals surface area contributed by atoms with Crippen molar-refractivity contribution < 1.29 is 9.59 Å². The van der Waals surface area contributed by atoms with E-state index < -0.39 is 0 Å². The Morgan fingerprint density at radius 3 is 3.19 bits per heavy atom. The molecule has 1 aromatic heterocycles. The number of amides is 2. The van der Waals surface area contributed by atoms with Crippen molar-refractivity contribution in [3.63, 3.8) is 0 Å². The fourth-order valence-electron chi connectivity index (χ4n) is 2.18. The number of nitrogens with zero attached hydrogens (tertiary/aromatic N) is 2. The maximum absolute atomic E-state index is 12.0. The zero-order valence-electron chi connectivity index (χ0n) is 11.3. The number of nitrogens with two attached hydrogens (primary N) is 1. The van der Waals surface area contributed by atoms with Gasteiger partial charge in [-0.2, -0.15) is 0 Å². The highest BCUT2D eigenvalue weighted by Crippen LogP contribution is 2.27. The molecule has 0 unspecified atom stereocenters. The summed E-state index contributed by atoms with van der Waals surface area (Å²) in [7, 11) is 0. The minimum atomic E-state index is -0.170. The average molecular weight is 305 g/mol. The van der Waals surface area contributed by atoms with E-state index in [-0.39, 0.29) is 24.9 Å². The van der Waals surface area contributed by atoms with Gasteiger partial charge in [0.15, 0.2) is 5.13 Å². The van der Waals surface area contributed by atoms with Crippen LogP contribution in [0.3, 0.4) is 0 Å². The number of nitrogen functional groups attached to an aromatic ring is 1. The van der Waals surface area contributed by atoms with Crippen molar-refractivity contribution in [3.8, 4) is 0 Å². The molecule has 2 aromatic rings. The lowest BCUT2D eigenvalue weighted by Crippen LogP contribution is -2.49. The largest absolute Gasteiger partial charge is 0.399 e. The lowest BCUT2D eigenvalue weighted by atomic mass is 10.3. The first kappa shape index (κ1) is 13.8. The number of hydrogen-bond acceptors (Lipinski definition) is 6. The highest BCUT2D eigenvalue weighted by atomic mass is 32.1. The molecular formula is C13H15N5O2S. The van der Waals surface area contributed by atoms with E-state index in [0.29, 0.717) is 23.9 Å². The minimum Gasteiger partial charge on any atom is -0.399 e. The summed E-state index contributed by atoms with van der Waals surface area (Å²) in [5, 5.41) is 6.03. The van der Waals surface area contributed by atoms with Gasteiger partial charge >= 0.3 is 0 Å². The second kappa shape index (κ2) is 5.66. The summed E-state index contributed by atoms with van der Waals surface area (Å²) < 4.78 is 0.933. The monoisotopic (exact) mass is 305 g/mol. The molecule has 0 bridgehead atoms. The molecule has 0 radical (unpaired) electrons. The molecule has 21 heavy (non-hydrogen) atoms. The van der Waals surface area contributed by atoms with Crippen LogP contribution in [0.15, 0.2) is 18.2 Å². The van der Waals surface area contributed by atoms with E-state index in [2.05, 4.69) is 15.6 Å². The van der Waals surface area contributed by atoms with Crippen LogP contribution in [-0.4, -0.2) is 47.9 Å². The number of anilines is 2. The number of nitrogens with one attached hydrogen (secondary N) is 2. The van der Waals surface area contributed by atoms with E-state index in [0.717, 1.165) is 10.2 Å². The van der Waals surface area contributed by atoms with Gasteiger partial charge < -0.3 is 16.4 Å². The van der Waals surface area contributed by atoms with Crippen LogP contribution < -0.4 is 16.4 Å². The van der Waals surface area contributed by atoms with Crippen LogP contribution in [0.5, 0.6) is 0 Å². The maximum atomic E-state index is 12.0. The van der Waals surface area contributed by atoms with Crippen LogP contribution in [0, 0.1) is 0 Å². The van der Waals surface area contributed by atoms with Gasteiger partial charge in [0.2, 0.25) is 11.8 Å². The first-order valence-corrected chi connectivity index (χ1v) is 7.37. The normalized spacial score (nSPS) is 15.9. The first-order chi connectivity index (χ1) is 10.1. The molecule has 8 heteroatoms. The number of fused-ring (bicyclic) bond motifs is 1. The van der Waals surface area contributed by atoms with E-state index in [1.807, 2.05) is 12.1 Å². The average Bonchev–Trinajstić information content (AvgIpc) is 2.79. The molecule has 2 heterocycles. The topological polar surface area (TPSA) is 100 Å². The van der Waals surface area contributed by atoms with Crippen molar-refractivity contribution in [3.05, 3.63) is 18.2 Å². The fraction of sp³-hybridized carbons (Fsp3) is 0.308. The van der Waals surface area contributed by atoms with Gasteiger partial charge in [-0.1, -0.05) is 11.3 Å². The molecule has 1 saturated heterocycles. The van der Waals surface area contributed by atoms with Gasteiger partial charge in [-0.05, 0) is 18.2 Å². The van der Waals surface area contributed by atoms with Gasteiger partial charge in [0.25, 0.3) is 0 Å². The van der Waals surface area contributed by atoms with E-state index in [1.165, 1.54) is 11.3 Å². The highest BCUT2D eigenvalue weighted by molar-refractivity contribution is 7.22. The molecule has 1 fully saturated rings. The van der Waals surface area contributed by atoms with E-state index in [9.17, 15) is 9.59 Å². The van der Waals surface area contributed by atoms with Gasteiger partial charge in [-0.25, -0.2) is 4.98 Å². The molecule has 4 N–H and O–H groups in total. The van der Waals surface area contributed by atoms with Crippen LogP contribution in [-0.2, 0) is 9.59 Å². The highest BCUT2D eigenvalue weighted by Gasteiger charge is 2.19. The van der Waals surface area contributed by atoms with Gasteiger partial charge in [0, 0.05) is 18.8 Å². The second-order valence-corrected chi connectivity index (χ2v) is 5.89. The zero-order chi connectivity index (χ0) is 14.8. The van der Waals surface area contributed by atoms with Crippen molar-refractivity contribution in [1.29, 1.82) is 0 Å². The standard InChI is InChI=1S/C13H15N5O2S/c14-8-1-2-9-10(5-8)21-13(16-9)17-12(20)7-18-4-3-15-11(19)6-18/h1-2,5H,3-4,6-7,14H2,(H,15,19)(H,16,17,20). The molecule has 2 amide bonds. The molecule has 3 rings (SSSR count). The number of carbonyl (C=O) groups is 2. The Morgan fingerprint density at radius 2 is 2.38 bits per heavy atom. The lowest BCUT2D eigenvalue weighted by molar-refractivity contribution is -0.125. The van der Waals surface area contributed by atoms with E-state index in [1.54, 1.807) is 11.0 Å². The Kier molecular flexibility index (Phi) is 3.72. The number of aromatic nitrogens is 1. The van der Waals surface area contributed by atoms with Crippen molar-refractivity contribution in [2.75, 3.05) is 37.2 Å². The number of hydrogen-bond donors (Lipinski definition) is 3. The predicted molar refractivity (Wildman–Crippen MR) is 82.1 cm³/mol. The van der Waals surface area contributed by atoms with Crippen molar-refractivity contribution in [2.24, 2.45) is 0 Å². The molecule has 1 aromatic carbocycles. The summed E-state index contributed by atoms with van der Waals surface area (Å²) in [5.74, 6) is -0.221. The predicted octanol–water partition coefficient (Wildman–Crippen LogP) is 0.249. The van der Waals surface area contributed by atoms with E-state index >= 15 is 0 Å². The quantitative estimate of drug-likeness (QED) is 0.706. The first-order valence-electron chi connectivity index (χ1n) is 6.55. The van der Waals surface area contributed by atoms with Gasteiger partial charge in [0.05, 0.1) is 23.3 Å². The summed E-state index contributed by atoms with van der Waals surface area (Å²) in [4.78, 5) is 29.4. The maximum Gasteiger partial charge on any atom is 0.240 e. The van der Waals surface area contributed by atoms with E-state index in [4.69, 9.17) is 5.73 Å². The Bertz CT molecular complexity index is 699. The molecule has 0 spiro atoms.